The zero-order chi connectivity index (χ0) is 24.4. The summed E-state index contributed by atoms with van der Waals surface area (Å²) in [7, 11) is 1.65. The Morgan fingerprint density at radius 3 is 2.69 bits per heavy atom. The van der Waals surface area contributed by atoms with E-state index in [-0.39, 0.29) is 29.8 Å². The fraction of sp³-hybridized carbons (Fsp3) is 0.464. The molecule has 2 aromatic carbocycles. The first-order valence-electron chi connectivity index (χ1n) is 12.7. The highest BCUT2D eigenvalue weighted by molar-refractivity contribution is 7.18. The van der Waals surface area contributed by atoms with Crippen LogP contribution in [-0.4, -0.2) is 46.8 Å². The highest BCUT2D eigenvalue weighted by Crippen LogP contribution is 2.43. The molecule has 7 heteroatoms. The van der Waals surface area contributed by atoms with E-state index >= 15 is 0 Å². The number of para-hydroxylation sites is 1. The molecule has 0 saturated carbocycles. The van der Waals surface area contributed by atoms with Crippen LogP contribution in [0.1, 0.15) is 68.1 Å². The summed E-state index contributed by atoms with van der Waals surface area (Å²) in [5, 5.41) is 1.02. The van der Waals surface area contributed by atoms with Gasteiger partial charge in [-0.2, -0.15) is 0 Å². The Kier molecular flexibility index (Phi) is 7.04. The third-order valence-electron chi connectivity index (χ3n) is 7.36. The molecule has 2 aliphatic rings. The predicted octanol–water partition coefficient (Wildman–Crippen LogP) is 5.75. The molecule has 35 heavy (non-hydrogen) atoms. The molecule has 0 bridgehead atoms. The lowest BCUT2D eigenvalue weighted by molar-refractivity contribution is -0.148. The molecule has 0 radical (unpaired) electrons. The standard InChI is InChI=1S/C28H33N3O3S/c1-3-4-17-31-25(32)16-15-21(26(31)19-11-13-20(34-2)14-12-19)28(33)30-18-7-9-23(30)27-29-22-8-5-6-10-24(22)35-27/h5-6,8,10-14,21,23,26H,3-4,7,9,15-18H2,1-2H3/t21-,23+,26-/m0/s1. The summed E-state index contributed by atoms with van der Waals surface area (Å²) in [6.07, 6.45) is 4.85. The van der Waals surface area contributed by atoms with Crippen LogP contribution < -0.4 is 4.74 Å². The van der Waals surface area contributed by atoms with Crippen LogP contribution in [0.15, 0.2) is 48.5 Å². The minimum absolute atomic E-state index is 0.0122. The van der Waals surface area contributed by atoms with Crippen molar-refractivity contribution < 1.29 is 14.3 Å². The Bertz CT molecular complexity index is 1160. The molecule has 2 fully saturated rings. The molecule has 6 nitrogen and oxygen atoms in total. The van der Waals surface area contributed by atoms with Gasteiger partial charge in [0.05, 0.1) is 35.3 Å². The second kappa shape index (κ2) is 10.4. The van der Waals surface area contributed by atoms with E-state index in [0.717, 1.165) is 58.8 Å². The number of ether oxygens (including phenoxy) is 1. The summed E-state index contributed by atoms with van der Waals surface area (Å²) in [6, 6.07) is 15.8. The van der Waals surface area contributed by atoms with Crippen LogP contribution in [0.2, 0.25) is 0 Å². The maximum absolute atomic E-state index is 14.2. The lowest BCUT2D eigenvalue weighted by atomic mass is 9.83. The molecule has 3 atom stereocenters. The molecular formula is C28H33N3O3S. The molecule has 0 unspecified atom stereocenters. The van der Waals surface area contributed by atoms with Crippen molar-refractivity contribution in [1.82, 2.24) is 14.8 Å². The Morgan fingerprint density at radius 1 is 1.14 bits per heavy atom. The summed E-state index contributed by atoms with van der Waals surface area (Å²) >= 11 is 1.69. The lowest BCUT2D eigenvalue weighted by Gasteiger charge is -2.42. The number of thiazole rings is 1. The molecule has 2 amide bonds. The third kappa shape index (κ3) is 4.66. The zero-order valence-electron chi connectivity index (χ0n) is 20.5. The zero-order valence-corrected chi connectivity index (χ0v) is 21.3. The molecule has 1 aromatic heterocycles. The van der Waals surface area contributed by atoms with Crippen molar-refractivity contribution >= 4 is 33.4 Å². The van der Waals surface area contributed by atoms with Gasteiger partial charge in [-0.25, -0.2) is 4.98 Å². The first-order valence-corrected chi connectivity index (χ1v) is 13.5. The SMILES string of the molecule is CCCCN1C(=O)CC[C@H](C(=O)N2CCC[C@@H]2c2nc3ccccc3s2)[C@@H]1c1ccc(OC)cc1. The number of rotatable bonds is 7. The molecule has 0 spiro atoms. The smallest absolute Gasteiger partial charge is 0.228 e. The van der Waals surface area contributed by atoms with E-state index in [1.54, 1.807) is 18.4 Å². The van der Waals surface area contributed by atoms with Crippen molar-refractivity contribution in [1.29, 1.82) is 0 Å². The second-order valence-corrected chi connectivity index (χ2v) is 10.6. The first kappa shape index (κ1) is 23.8. The number of amides is 2. The molecule has 3 heterocycles. The number of fused-ring (bicyclic) bond motifs is 1. The average Bonchev–Trinajstić information content (AvgIpc) is 3.54. The van der Waals surface area contributed by atoms with Gasteiger partial charge in [-0.05, 0) is 55.5 Å². The highest BCUT2D eigenvalue weighted by Gasteiger charge is 2.44. The van der Waals surface area contributed by atoms with Gasteiger partial charge >= 0.3 is 0 Å². The molecule has 0 N–H and O–H groups in total. The van der Waals surface area contributed by atoms with Crippen LogP contribution >= 0.6 is 11.3 Å². The van der Waals surface area contributed by atoms with E-state index in [4.69, 9.17) is 9.72 Å². The van der Waals surface area contributed by atoms with Gasteiger partial charge in [0.1, 0.15) is 10.8 Å². The fourth-order valence-electron chi connectivity index (χ4n) is 5.55. The number of methoxy groups -OCH3 is 1. The molecular weight excluding hydrogens is 458 g/mol. The topological polar surface area (TPSA) is 62.7 Å². The van der Waals surface area contributed by atoms with Crippen LogP contribution in [0.5, 0.6) is 5.75 Å². The Hall–Kier alpha value is -2.93. The maximum atomic E-state index is 14.2. The number of unbranched alkanes of at least 4 members (excludes halogenated alkanes) is 1. The van der Waals surface area contributed by atoms with Crippen LogP contribution in [0.25, 0.3) is 10.2 Å². The lowest BCUT2D eigenvalue weighted by Crippen LogP contribution is -2.49. The summed E-state index contributed by atoms with van der Waals surface area (Å²) in [4.78, 5) is 36.1. The van der Waals surface area contributed by atoms with Gasteiger partial charge < -0.3 is 14.5 Å². The van der Waals surface area contributed by atoms with E-state index < -0.39 is 0 Å². The number of aromatic nitrogens is 1. The van der Waals surface area contributed by atoms with Gasteiger partial charge in [0.15, 0.2) is 0 Å². The Labute approximate surface area is 210 Å². The van der Waals surface area contributed by atoms with Gasteiger partial charge in [0.2, 0.25) is 11.8 Å². The van der Waals surface area contributed by atoms with Crippen LogP contribution in [0.4, 0.5) is 0 Å². The normalized spacial score (nSPS) is 22.7. The number of carbonyl (C=O) groups excluding carboxylic acids is 2. The van der Waals surface area contributed by atoms with E-state index in [2.05, 4.69) is 13.0 Å². The van der Waals surface area contributed by atoms with Crippen molar-refractivity contribution in [2.75, 3.05) is 20.2 Å². The number of hydrogen-bond donors (Lipinski definition) is 0. The molecule has 3 aromatic rings. The van der Waals surface area contributed by atoms with Crippen LogP contribution in [-0.2, 0) is 9.59 Å². The van der Waals surface area contributed by atoms with Crippen molar-refractivity contribution in [3.05, 3.63) is 59.1 Å². The summed E-state index contributed by atoms with van der Waals surface area (Å²) in [5.74, 6) is 0.816. The van der Waals surface area contributed by atoms with E-state index in [1.165, 1.54) is 0 Å². The number of piperidine rings is 1. The number of hydrogen-bond acceptors (Lipinski definition) is 5. The van der Waals surface area contributed by atoms with Crippen molar-refractivity contribution in [2.45, 2.75) is 57.5 Å². The Balaban J connectivity index is 1.47. The van der Waals surface area contributed by atoms with Crippen molar-refractivity contribution in [3.63, 3.8) is 0 Å². The second-order valence-electron chi connectivity index (χ2n) is 9.51. The van der Waals surface area contributed by atoms with Gasteiger partial charge in [-0.3, -0.25) is 9.59 Å². The van der Waals surface area contributed by atoms with E-state index in [0.29, 0.717) is 19.4 Å². The minimum atomic E-state index is -0.257. The van der Waals surface area contributed by atoms with Gasteiger partial charge in [-0.15, -0.1) is 11.3 Å². The van der Waals surface area contributed by atoms with Crippen LogP contribution in [0, 0.1) is 5.92 Å². The average molecular weight is 492 g/mol. The third-order valence-corrected chi connectivity index (χ3v) is 8.50. The monoisotopic (exact) mass is 491 g/mol. The van der Waals surface area contributed by atoms with Gasteiger partial charge in [0.25, 0.3) is 0 Å². The molecule has 5 rings (SSSR count). The largest absolute Gasteiger partial charge is 0.497 e. The maximum Gasteiger partial charge on any atom is 0.228 e. The van der Waals surface area contributed by atoms with E-state index in [1.807, 2.05) is 52.3 Å². The number of carbonyl (C=O) groups is 2. The predicted molar refractivity (Wildman–Crippen MR) is 138 cm³/mol. The molecule has 2 saturated heterocycles. The highest BCUT2D eigenvalue weighted by atomic mass is 32.1. The molecule has 0 aliphatic carbocycles. The fourth-order valence-corrected chi connectivity index (χ4v) is 6.66. The minimum Gasteiger partial charge on any atom is -0.497 e. The van der Waals surface area contributed by atoms with Gasteiger partial charge in [-0.1, -0.05) is 37.6 Å². The molecule has 184 valence electrons. The quantitative estimate of drug-likeness (QED) is 0.422. The molecule has 2 aliphatic heterocycles. The summed E-state index contributed by atoms with van der Waals surface area (Å²) in [6.45, 7) is 3.55. The van der Waals surface area contributed by atoms with Crippen LogP contribution in [0.3, 0.4) is 0 Å². The first-order chi connectivity index (χ1) is 17.1. The van der Waals surface area contributed by atoms with Crippen molar-refractivity contribution in [2.24, 2.45) is 5.92 Å². The van der Waals surface area contributed by atoms with Crippen molar-refractivity contribution in [3.8, 4) is 5.75 Å². The Morgan fingerprint density at radius 2 is 1.94 bits per heavy atom. The number of nitrogens with zero attached hydrogens (tertiary/aromatic N) is 3. The summed E-state index contributed by atoms with van der Waals surface area (Å²) < 4.78 is 6.51. The van der Waals surface area contributed by atoms with Gasteiger partial charge in [0, 0.05) is 19.5 Å². The summed E-state index contributed by atoms with van der Waals surface area (Å²) in [5.41, 5.74) is 2.00. The van der Waals surface area contributed by atoms with E-state index in [9.17, 15) is 9.59 Å². The number of benzene rings is 2. The number of likely N-dealkylation sites (tertiary alicyclic amines) is 2.